The number of carbonyl (C=O) groups excluding carboxylic acids is 1. The fourth-order valence-electron chi connectivity index (χ4n) is 0.991. The number of rotatable bonds is 3. The molecule has 0 aromatic heterocycles. The van der Waals surface area contributed by atoms with E-state index in [0.29, 0.717) is 6.07 Å². The number of carbonyl (C=O) groups is 1. The first-order valence-corrected chi connectivity index (χ1v) is 6.53. The van der Waals surface area contributed by atoms with Crippen LogP contribution in [0.5, 0.6) is 0 Å². The Morgan fingerprint density at radius 1 is 1.18 bits per heavy atom. The molecule has 0 radical (unpaired) electrons. The first-order valence-electron chi connectivity index (χ1n) is 3.69. The Morgan fingerprint density at radius 2 is 1.71 bits per heavy atom. The average molecular weight is 304 g/mol. The second-order valence-corrected chi connectivity index (χ2v) is 5.52. The van der Waals surface area contributed by atoms with Crippen LogP contribution in [0.3, 0.4) is 0 Å². The summed E-state index contributed by atoms with van der Waals surface area (Å²) in [6, 6.07) is 2.03. The summed E-state index contributed by atoms with van der Waals surface area (Å²) >= 11 is 0. The van der Waals surface area contributed by atoms with E-state index in [-0.39, 0.29) is 57.7 Å². The molecule has 10 heteroatoms. The first-order chi connectivity index (χ1) is 7.16. The molecule has 0 saturated carbocycles. The van der Waals surface area contributed by atoms with Crippen molar-refractivity contribution in [1.29, 1.82) is 0 Å². The van der Waals surface area contributed by atoms with E-state index in [2.05, 4.69) is 0 Å². The molecule has 0 spiro atoms. The minimum atomic E-state index is -4.85. The van der Waals surface area contributed by atoms with Gasteiger partial charge in [-0.05, 0) is 18.2 Å². The number of aldehydes is 1. The third kappa shape index (κ3) is 4.50. The molecule has 1 aromatic carbocycles. The van der Waals surface area contributed by atoms with E-state index in [0.717, 1.165) is 12.1 Å². The Labute approximate surface area is 140 Å². The summed E-state index contributed by atoms with van der Waals surface area (Å²) in [6.45, 7) is 0. The van der Waals surface area contributed by atoms with Gasteiger partial charge in [0.15, 0.2) is 6.29 Å². The van der Waals surface area contributed by atoms with Crippen molar-refractivity contribution in [3.63, 3.8) is 0 Å². The molecule has 0 bridgehead atoms. The number of hydrogen-bond donors (Lipinski definition) is 1. The maximum atomic E-state index is 10.8. The van der Waals surface area contributed by atoms with Crippen molar-refractivity contribution >= 4 is 26.5 Å². The maximum Gasteiger partial charge on any atom is 1.00 e. The zero-order chi connectivity index (χ0) is 12.6. The summed E-state index contributed by atoms with van der Waals surface area (Å²) in [5, 5.41) is 0. The van der Waals surface area contributed by atoms with Gasteiger partial charge in [-0.3, -0.25) is 9.35 Å². The Bertz CT molecular complexity index is 632. The quantitative estimate of drug-likeness (QED) is 0.351. The van der Waals surface area contributed by atoms with E-state index in [9.17, 15) is 26.2 Å². The molecule has 0 aliphatic carbocycles. The van der Waals surface area contributed by atoms with Gasteiger partial charge < -0.3 is 4.55 Å². The summed E-state index contributed by atoms with van der Waals surface area (Å²) < 4.78 is 62.1. The maximum absolute atomic E-state index is 10.8. The minimum absolute atomic E-state index is 0. The molecular weight excluding hydrogens is 299 g/mol. The smallest absolute Gasteiger partial charge is 0.744 e. The number of hydrogen-bond acceptors (Lipinski definition) is 6. The third-order valence-corrected chi connectivity index (χ3v) is 3.42. The second kappa shape index (κ2) is 5.99. The molecular formula is C7H5KO7S2. The van der Waals surface area contributed by atoms with E-state index in [1.165, 1.54) is 0 Å². The Kier molecular flexibility index (Phi) is 6.11. The van der Waals surface area contributed by atoms with Crippen LogP contribution < -0.4 is 51.4 Å². The molecule has 1 N–H and O–H groups in total. The summed E-state index contributed by atoms with van der Waals surface area (Å²) in [4.78, 5) is 8.67. The fourth-order valence-corrected chi connectivity index (χ4v) is 2.25. The monoisotopic (exact) mass is 304 g/mol. The van der Waals surface area contributed by atoms with Crippen molar-refractivity contribution in [2.75, 3.05) is 0 Å². The minimum Gasteiger partial charge on any atom is -0.744 e. The van der Waals surface area contributed by atoms with Crippen molar-refractivity contribution in [3.05, 3.63) is 23.8 Å². The first kappa shape index (κ1) is 17.3. The van der Waals surface area contributed by atoms with Gasteiger partial charge in [-0.2, -0.15) is 8.42 Å². The van der Waals surface area contributed by atoms with Crippen LogP contribution in [0.15, 0.2) is 28.0 Å². The second-order valence-electron chi connectivity index (χ2n) is 2.75. The number of benzene rings is 1. The van der Waals surface area contributed by atoms with Crippen LogP contribution in [-0.4, -0.2) is 32.2 Å². The van der Waals surface area contributed by atoms with Crippen molar-refractivity contribution in [1.82, 2.24) is 0 Å². The Hall–Kier alpha value is 0.346. The normalized spacial score (nSPS) is 11.6. The van der Waals surface area contributed by atoms with Crippen LogP contribution in [0, 0.1) is 0 Å². The molecule has 0 aliphatic rings. The third-order valence-electron chi connectivity index (χ3n) is 1.68. The van der Waals surface area contributed by atoms with Gasteiger partial charge in [0, 0.05) is 5.56 Å². The predicted octanol–water partition coefficient (Wildman–Crippen LogP) is -3.35. The Balaban J connectivity index is 0.00000256. The fraction of sp³-hybridized carbons (Fsp3) is 0. The van der Waals surface area contributed by atoms with E-state index >= 15 is 0 Å². The standard InChI is InChI=1S/C7H6O7S2.K/c8-4-5-1-2-6(15(9,10)11)3-7(5)16(12,13)14;/h1-4H,(H,9,10,11)(H,12,13,14);/q;+1/p-1. The molecule has 7 nitrogen and oxygen atoms in total. The van der Waals surface area contributed by atoms with Crippen LogP contribution in [0.1, 0.15) is 10.4 Å². The zero-order valence-corrected chi connectivity index (χ0v) is 13.3. The summed E-state index contributed by atoms with van der Waals surface area (Å²) in [6.07, 6.45) is 0.115. The van der Waals surface area contributed by atoms with Crippen LogP contribution in [0.4, 0.5) is 0 Å². The molecule has 88 valence electrons. The molecule has 0 amide bonds. The molecule has 17 heavy (non-hydrogen) atoms. The van der Waals surface area contributed by atoms with Gasteiger partial charge in [0.2, 0.25) is 0 Å². The molecule has 0 fully saturated rings. The molecule has 0 unspecified atom stereocenters. The molecule has 0 atom stereocenters. The van der Waals surface area contributed by atoms with Crippen molar-refractivity contribution < 1.29 is 82.1 Å². The molecule has 0 heterocycles. The van der Waals surface area contributed by atoms with Crippen LogP contribution in [0.2, 0.25) is 0 Å². The van der Waals surface area contributed by atoms with E-state index in [1.54, 1.807) is 0 Å². The summed E-state index contributed by atoms with van der Waals surface area (Å²) in [5.74, 6) is 0. The predicted molar refractivity (Wildman–Crippen MR) is 49.6 cm³/mol. The van der Waals surface area contributed by atoms with Gasteiger partial charge in [0.05, 0.1) is 4.90 Å². The molecule has 1 rings (SSSR count). The van der Waals surface area contributed by atoms with Gasteiger partial charge in [0.25, 0.3) is 10.1 Å². The molecule has 0 aliphatic heterocycles. The van der Waals surface area contributed by atoms with Crippen molar-refractivity contribution in [2.45, 2.75) is 9.79 Å². The molecule has 1 aromatic rings. The van der Waals surface area contributed by atoms with Gasteiger partial charge in [0.1, 0.15) is 15.0 Å². The van der Waals surface area contributed by atoms with Crippen LogP contribution >= 0.6 is 0 Å². The van der Waals surface area contributed by atoms with Crippen molar-refractivity contribution in [3.8, 4) is 0 Å². The SMILES string of the molecule is O=Cc1ccc(S(=O)(=O)[O-])cc1S(=O)(=O)O.[K+]. The topological polar surface area (TPSA) is 129 Å². The molecule has 0 saturated heterocycles. The van der Waals surface area contributed by atoms with Gasteiger partial charge in [-0.1, -0.05) is 0 Å². The summed E-state index contributed by atoms with van der Waals surface area (Å²) in [5.41, 5.74) is -0.435. The Morgan fingerprint density at radius 3 is 2.06 bits per heavy atom. The zero-order valence-electron chi connectivity index (χ0n) is 8.52. The van der Waals surface area contributed by atoms with Crippen LogP contribution in [0.25, 0.3) is 0 Å². The summed E-state index contributed by atoms with van der Waals surface area (Å²) in [7, 11) is -9.62. The van der Waals surface area contributed by atoms with E-state index in [4.69, 9.17) is 4.55 Å². The van der Waals surface area contributed by atoms with Crippen LogP contribution in [-0.2, 0) is 20.2 Å². The van der Waals surface area contributed by atoms with Crippen molar-refractivity contribution in [2.24, 2.45) is 0 Å². The van der Waals surface area contributed by atoms with E-state index < -0.39 is 35.6 Å². The van der Waals surface area contributed by atoms with Gasteiger partial charge in [-0.15, -0.1) is 0 Å². The van der Waals surface area contributed by atoms with Gasteiger partial charge >= 0.3 is 51.4 Å². The van der Waals surface area contributed by atoms with E-state index in [1.807, 2.05) is 0 Å². The average Bonchev–Trinajstić information content (AvgIpc) is 2.14. The van der Waals surface area contributed by atoms with Gasteiger partial charge in [-0.25, -0.2) is 8.42 Å². The largest absolute Gasteiger partial charge is 1.00 e.